The number of hydrogen-bond acceptors (Lipinski definition) is 4. The van der Waals surface area contributed by atoms with Gasteiger partial charge in [-0.3, -0.25) is 4.72 Å². The predicted octanol–water partition coefficient (Wildman–Crippen LogP) is 5.29. The van der Waals surface area contributed by atoms with E-state index in [1.54, 1.807) is 12.1 Å². The van der Waals surface area contributed by atoms with Crippen molar-refractivity contribution in [2.24, 2.45) is 0 Å². The molecular formula is C19H26N2O2S2. The lowest BCUT2D eigenvalue weighted by Gasteiger charge is -2.19. The first-order chi connectivity index (χ1) is 11.8. The Morgan fingerprint density at radius 2 is 1.72 bits per heavy atom. The zero-order chi connectivity index (χ0) is 18.1. The van der Waals surface area contributed by atoms with Gasteiger partial charge in [-0.1, -0.05) is 52.2 Å². The molecule has 3 rings (SSSR count). The highest BCUT2D eigenvalue weighted by atomic mass is 32.2. The molecule has 0 unspecified atom stereocenters. The first kappa shape index (κ1) is 18.4. The van der Waals surface area contributed by atoms with Gasteiger partial charge in [0.05, 0.1) is 10.6 Å². The van der Waals surface area contributed by atoms with Crippen molar-refractivity contribution in [1.29, 1.82) is 0 Å². The van der Waals surface area contributed by atoms with E-state index in [-0.39, 0.29) is 10.3 Å². The molecule has 0 amide bonds. The van der Waals surface area contributed by atoms with Crippen molar-refractivity contribution >= 4 is 26.5 Å². The Morgan fingerprint density at radius 1 is 1.08 bits per heavy atom. The highest BCUT2D eigenvalue weighted by Gasteiger charge is 2.21. The van der Waals surface area contributed by atoms with Crippen LogP contribution in [0.25, 0.3) is 0 Å². The fourth-order valence-electron chi connectivity index (χ4n) is 3.23. The topological polar surface area (TPSA) is 59.1 Å². The summed E-state index contributed by atoms with van der Waals surface area (Å²) in [5.74, 6) is 0.481. The molecule has 0 saturated heterocycles. The summed E-state index contributed by atoms with van der Waals surface area (Å²) in [6.45, 7) is 6.32. The van der Waals surface area contributed by atoms with Gasteiger partial charge in [-0.2, -0.15) is 0 Å². The van der Waals surface area contributed by atoms with Crippen LogP contribution in [0.5, 0.6) is 0 Å². The summed E-state index contributed by atoms with van der Waals surface area (Å²) < 4.78 is 27.8. The maximum Gasteiger partial charge on any atom is 0.263 e. The Morgan fingerprint density at radius 3 is 2.32 bits per heavy atom. The lowest BCUT2D eigenvalue weighted by Crippen LogP contribution is -2.15. The second-order valence-corrected chi connectivity index (χ2v) is 10.3. The van der Waals surface area contributed by atoms with Crippen molar-refractivity contribution in [3.8, 4) is 0 Å². The molecule has 1 aromatic carbocycles. The van der Waals surface area contributed by atoms with Gasteiger partial charge in [-0.15, -0.1) is 11.3 Å². The molecule has 1 aromatic heterocycles. The molecule has 25 heavy (non-hydrogen) atoms. The Hall–Kier alpha value is -1.40. The number of sulfonamides is 1. The molecule has 2 aromatic rings. The van der Waals surface area contributed by atoms with Crippen molar-refractivity contribution in [3.63, 3.8) is 0 Å². The van der Waals surface area contributed by atoms with Crippen LogP contribution in [0.1, 0.15) is 70.1 Å². The minimum atomic E-state index is -3.60. The Bertz CT molecular complexity index is 812. The molecule has 1 saturated carbocycles. The highest BCUT2D eigenvalue weighted by molar-refractivity contribution is 7.93. The summed E-state index contributed by atoms with van der Waals surface area (Å²) in [6, 6.07) is 7.09. The van der Waals surface area contributed by atoms with Crippen molar-refractivity contribution < 1.29 is 8.42 Å². The number of hydrogen-bond donors (Lipinski definition) is 1. The molecule has 0 radical (unpaired) electrons. The van der Waals surface area contributed by atoms with Gasteiger partial charge in [-0.25, -0.2) is 13.4 Å². The van der Waals surface area contributed by atoms with Crippen LogP contribution in [0.3, 0.4) is 0 Å². The molecular weight excluding hydrogens is 352 g/mol. The van der Waals surface area contributed by atoms with E-state index in [1.807, 2.05) is 17.5 Å². The average molecular weight is 379 g/mol. The van der Waals surface area contributed by atoms with Crippen molar-refractivity contribution in [3.05, 3.63) is 40.9 Å². The van der Waals surface area contributed by atoms with Gasteiger partial charge >= 0.3 is 0 Å². The van der Waals surface area contributed by atoms with E-state index < -0.39 is 10.0 Å². The van der Waals surface area contributed by atoms with Crippen LogP contribution in [0.4, 0.5) is 5.13 Å². The predicted molar refractivity (Wildman–Crippen MR) is 104 cm³/mol. The van der Waals surface area contributed by atoms with Gasteiger partial charge in [0.15, 0.2) is 5.13 Å². The molecule has 1 heterocycles. The second kappa shape index (κ2) is 7.08. The van der Waals surface area contributed by atoms with Crippen molar-refractivity contribution in [1.82, 2.24) is 4.98 Å². The number of rotatable bonds is 4. The summed E-state index contributed by atoms with van der Waals surface area (Å²) in [4.78, 5) is 4.80. The monoisotopic (exact) mass is 378 g/mol. The van der Waals surface area contributed by atoms with Gasteiger partial charge in [0.2, 0.25) is 0 Å². The largest absolute Gasteiger partial charge is 0.263 e. The van der Waals surface area contributed by atoms with Gasteiger partial charge in [0.25, 0.3) is 10.0 Å². The number of thiazole rings is 1. The van der Waals surface area contributed by atoms with Crippen LogP contribution in [0, 0.1) is 0 Å². The average Bonchev–Trinajstić information content (AvgIpc) is 3.03. The van der Waals surface area contributed by atoms with E-state index in [9.17, 15) is 8.42 Å². The van der Waals surface area contributed by atoms with Crippen LogP contribution < -0.4 is 4.72 Å². The van der Waals surface area contributed by atoms with Gasteiger partial charge in [0.1, 0.15) is 0 Å². The number of benzene rings is 1. The third-order valence-electron chi connectivity index (χ3n) is 4.80. The molecule has 0 bridgehead atoms. The van der Waals surface area contributed by atoms with Gasteiger partial charge in [-0.05, 0) is 36.0 Å². The molecule has 6 heteroatoms. The fraction of sp³-hybridized carbons (Fsp3) is 0.526. The molecule has 1 fully saturated rings. The third kappa shape index (κ3) is 4.42. The summed E-state index contributed by atoms with van der Waals surface area (Å²) in [6.07, 6.45) is 6.09. The smallest absolute Gasteiger partial charge is 0.255 e. The van der Waals surface area contributed by atoms with Crippen LogP contribution in [-0.2, 0) is 15.4 Å². The van der Waals surface area contributed by atoms with E-state index in [0.29, 0.717) is 11.0 Å². The summed E-state index contributed by atoms with van der Waals surface area (Å²) in [5, 5.41) is 2.46. The standard InChI is InChI=1S/C19H26N2O2S2/c1-19(2,3)15-9-11-16(12-10-15)25(22,23)21-18-20-17(13-24-18)14-7-5-4-6-8-14/h9-14H,4-8H2,1-3H3,(H,20,21). The first-order valence-corrected chi connectivity index (χ1v) is 11.2. The van der Waals surface area contributed by atoms with E-state index in [1.165, 1.54) is 30.6 Å². The minimum absolute atomic E-state index is 0.0000735. The maximum atomic E-state index is 12.6. The summed E-state index contributed by atoms with van der Waals surface area (Å²) in [5.41, 5.74) is 2.14. The van der Waals surface area contributed by atoms with Gasteiger partial charge in [0, 0.05) is 11.3 Å². The molecule has 1 N–H and O–H groups in total. The summed E-state index contributed by atoms with van der Waals surface area (Å²) >= 11 is 1.37. The zero-order valence-electron chi connectivity index (χ0n) is 15.1. The zero-order valence-corrected chi connectivity index (χ0v) is 16.7. The maximum absolute atomic E-state index is 12.6. The fourth-order valence-corrected chi connectivity index (χ4v) is 5.27. The van der Waals surface area contributed by atoms with Crippen LogP contribution in [0.2, 0.25) is 0 Å². The molecule has 1 aliphatic rings. The van der Waals surface area contributed by atoms with E-state index in [0.717, 1.165) is 24.1 Å². The van der Waals surface area contributed by atoms with E-state index >= 15 is 0 Å². The Labute approximate surface area is 154 Å². The van der Waals surface area contributed by atoms with Crippen molar-refractivity contribution in [2.75, 3.05) is 4.72 Å². The molecule has 136 valence electrons. The minimum Gasteiger partial charge on any atom is -0.255 e. The number of aromatic nitrogens is 1. The van der Waals surface area contributed by atoms with Crippen LogP contribution in [0.15, 0.2) is 34.5 Å². The number of nitrogens with one attached hydrogen (secondary N) is 1. The molecule has 0 spiro atoms. The molecule has 0 aliphatic heterocycles. The van der Waals surface area contributed by atoms with Gasteiger partial charge < -0.3 is 0 Å². The highest BCUT2D eigenvalue weighted by Crippen LogP contribution is 2.34. The normalized spacial score (nSPS) is 16.8. The van der Waals surface area contributed by atoms with Crippen LogP contribution >= 0.6 is 11.3 Å². The molecule has 0 atom stereocenters. The lowest BCUT2D eigenvalue weighted by molar-refractivity contribution is 0.438. The van der Waals surface area contributed by atoms with Crippen LogP contribution in [-0.4, -0.2) is 13.4 Å². The SMILES string of the molecule is CC(C)(C)c1ccc(S(=O)(=O)Nc2nc(C3CCCCC3)cs2)cc1. The Balaban J connectivity index is 1.74. The first-order valence-electron chi connectivity index (χ1n) is 8.84. The number of nitrogens with zero attached hydrogens (tertiary/aromatic N) is 1. The molecule has 1 aliphatic carbocycles. The summed E-state index contributed by atoms with van der Waals surface area (Å²) in [7, 11) is -3.60. The quantitative estimate of drug-likeness (QED) is 0.786. The van der Waals surface area contributed by atoms with E-state index in [4.69, 9.17) is 0 Å². The van der Waals surface area contributed by atoms with Crippen molar-refractivity contribution in [2.45, 2.75) is 69.1 Å². The second-order valence-electron chi connectivity index (χ2n) is 7.79. The Kier molecular flexibility index (Phi) is 5.21. The molecule has 4 nitrogen and oxygen atoms in total. The number of anilines is 1. The third-order valence-corrected chi connectivity index (χ3v) is 7.06. The van der Waals surface area contributed by atoms with E-state index in [2.05, 4.69) is 30.5 Å². The lowest BCUT2D eigenvalue weighted by atomic mass is 9.87.